The normalized spacial score (nSPS) is 10.1. The molecule has 2 aromatic carbocycles. The molecule has 0 aliphatic rings. The first kappa shape index (κ1) is 18.0. The van der Waals surface area contributed by atoms with Crippen LogP contribution in [0, 0.1) is 0 Å². The molecule has 24 heavy (non-hydrogen) atoms. The third-order valence-electron chi connectivity index (χ3n) is 3.36. The van der Waals surface area contributed by atoms with E-state index < -0.39 is 5.97 Å². The lowest BCUT2D eigenvalue weighted by Gasteiger charge is -2.11. The van der Waals surface area contributed by atoms with E-state index in [-0.39, 0.29) is 18.1 Å². The highest BCUT2D eigenvalue weighted by Crippen LogP contribution is 2.22. The molecule has 2 aromatic rings. The first-order chi connectivity index (χ1) is 11.5. The second kappa shape index (κ2) is 8.49. The largest absolute Gasteiger partial charge is 0.484 e. The van der Waals surface area contributed by atoms with E-state index in [2.05, 4.69) is 28.2 Å². The van der Waals surface area contributed by atoms with Crippen LogP contribution in [0.4, 0.5) is 5.69 Å². The molecular weight excluding hydrogens is 374 g/mol. The fraction of sp³-hybridized carbons (Fsp3) is 0.222. The highest BCUT2D eigenvalue weighted by atomic mass is 79.9. The molecule has 0 saturated carbocycles. The van der Waals surface area contributed by atoms with E-state index in [1.807, 2.05) is 24.3 Å². The third-order valence-corrected chi connectivity index (χ3v) is 3.86. The Bertz CT molecular complexity index is 728. The van der Waals surface area contributed by atoms with Crippen molar-refractivity contribution in [2.45, 2.75) is 13.3 Å². The van der Waals surface area contributed by atoms with Crippen molar-refractivity contribution in [1.82, 2.24) is 0 Å². The summed E-state index contributed by atoms with van der Waals surface area (Å²) in [6.45, 7) is 1.92. The van der Waals surface area contributed by atoms with Gasteiger partial charge >= 0.3 is 5.97 Å². The zero-order valence-electron chi connectivity index (χ0n) is 13.5. The molecule has 0 atom stereocenters. The number of aryl methyl sites for hydroxylation is 1. The van der Waals surface area contributed by atoms with Gasteiger partial charge in [0.25, 0.3) is 5.91 Å². The van der Waals surface area contributed by atoms with E-state index in [1.54, 1.807) is 18.2 Å². The van der Waals surface area contributed by atoms with Crippen molar-refractivity contribution in [3.8, 4) is 5.75 Å². The van der Waals surface area contributed by atoms with Crippen molar-refractivity contribution < 1.29 is 19.1 Å². The topological polar surface area (TPSA) is 64.6 Å². The number of anilines is 1. The molecule has 0 aliphatic heterocycles. The first-order valence-electron chi connectivity index (χ1n) is 7.43. The molecule has 0 radical (unpaired) electrons. The highest BCUT2D eigenvalue weighted by molar-refractivity contribution is 9.10. The maximum atomic E-state index is 12.1. The smallest absolute Gasteiger partial charge is 0.340 e. The Hall–Kier alpha value is -2.34. The second-order valence-electron chi connectivity index (χ2n) is 5.02. The number of rotatable bonds is 6. The van der Waals surface area contributed by atoms with Crippen LogP contribution >= 0.6 is 15.9 Å². The fourth-order valence-electron chi connectivity index (χ4n) is 2.06. The molecule has 0 heterocycles. The molecule has 0 saturated heterocycles. The molecule has 0 aromatic heterocycles. The molecule has 0 unspecified atom stereocenters. The summed E-state index contributed by atoms with van der Waals surface area (Å²) in [4.78, 5) is 23.8. The van der Waals surface area contributed by atoms with Crippen LogP contribution in [-0.2, 0) is 16.0 Å². The van der Waals surface area contributed by atoms with E-state index >= 15 is 0 Å². The predicted octanol–water partition coefficient (Wildman–Crippen LogP) is 3.82. The number of benzene rings is 2. The van der Waals surface area contributed by atoms with Gasteiger partial charge < -0.3 is 14.8 Å². The Balaban J connectivity index is 2.00. The monoisotopic (exact) mass is 391 g/mol. The lowest BCUT2D eigenvalue weighted by atomic mass is 10.2. The number of hydrogen-bond donors (Lipinski definition) is 1. The molecule has 6 heteroatoms. The summed E-state index contributed by atoms with van der Waals surface area (Å²) in [5.74, 6) is -0.268. The maximum Gasteiger partial charge on any atom is 0.340 e. The molecular formula is C18H18BrNO4. The van der Waals surface area contributed by atoms with Crippen LogP contribution in [0.1, 0.15) is 22.8 Å². The average Bonchev–Trinajstić information content (AvgIpc) is 2.61. The van der Waals surface area contributed by atoms with Gasteiger partial charge in [-0.3, -0.25) is 4.79 Å². The Morgan fingerprint density at radius 3 is 2.46 bits per heavy atom. The fourth-order valence-corrected chi connectivity index (χ4v) is 2.42. The Morgan fingerprint density at radius 1 is 1.12 bits per heavy atom. The van der Waals surface area contributed by atoms with Crippen LogP contribution < -0.4 is 10.1 Å². The quantitative estimate of drug-likeness (QED) is 0.760. The Morgan fingerprint density at radius 2 is 1.83 bits per heavy atom. The number of hydrogen-bond acceptors (Lipinski definition) is 4. The second-order valence-corrected chi connectivity index (χ2v) is 5.93. The molecule has 1 amide bonds. The number of carbonyl (C=O) groups is 2. The highest BCUT2D eigenvalue weighted by Gasteiger charge is 2.14. The van der Waals surface area contributed by atoms with Gasteiger partial charge in [0.05, 0.1) is 18.4 Å². The van der Waals surface area contributed by atoms with E-state index in [1.165, 1.54) is 12.7 Å². The molecule has 0 bridgehead atoms. The standard InChI is InChI=1S/C18H18BrNO4/c1-3-12-4-7-14(8-5-12)24-11-17(21)20-16-9-6-13(19)10-15(16)18(22)23-2/h4-10H,3,11H2,1-2H3,(H,20,21). The van der Waals surface area contributed by atoms with Gasteiger partial charge in [-0.05, 0) is 42.3 Å². The van der Waals surface area contributed by atoms with Gasteiger partial charge in [-0.25, -0.2) is 4.79 Å². The minimum atomic E-state index is -0.525. The van der Waals surface area contributed by atoms with Crippen molar-refractivity contribution in [1.29, 1.82) is 0 Å². The lowest BCUT2D eigenvalue weighted by molar-refractivity contribution is -0.118. The summed E-state index contributed by atoms with van der Waals surface area (Å²) in [6.07, 6.45) is 0.945. The lowest BCUT2D eigenvalue weighted by Crippen LogP contribution is -2.21. The van der Waals surface area contributed by atoms with Crippen LogP contribution in [-0.4, -0.2) is 25.6 Å². The van der Waals surface area contributed by atoms with Gasteiger partial charge in [0.1, 0.15) is 5.75 Å². The average molecular weight is 392 g/mol. The molecule has 0 fully saturated rings. The summed E-state index contributed by atoms with van der Waals surface area (Å²) in [5.41, 5.74) is 1.84. The SMILES string of the molecule is CCc1ccc(OCC(=O)Nc2ccc(Br)cc2C(=O)OC)cc1. The van der Waals surface area contributed by atoms with E-state index in [0.29, 0.717) is 15.9 Å². The van der Waals surface area contributed by atoms with Gasteiger partial charge in [-0.1, -0.05) is 35.0 Å². The number of halogens is 1. The molecule has 2 rings (SSSR count). The maximum absolute atomic E-state index is 12.1. The summed E-state index contributed by atoms with van der Waals surface area (Å²) < 4.78 is 10.9. The minimum Gasteiger partial charge on any atom is -0.484 e. The molecule has 126 valence electrons. The zero-order valence-corrected chi connectivity index (χ0v) is 15.1. The van der Waals surface area contributed by atoms with Crippen LogP contribution in [0.5, 0.6) is 5.75 Å². The molecule has 0 aliphatic carbocycles. The number of esters is 1. The van der Waals surface area contributed by atoms with Crippen LogP contribution in [0.2, 0.25) is 0 Å². The zero-order chi connectivity index (χ0) is 17.5. The van der Waals surface area contributed by atoms with Crippen molar-refractivity contribution in [3.63, 3.8) is 0 Å². The molecule has 0 spiro atoms. The molecule has 1 N–H and O–H groups in total. The first-order valence-corrected chi connectivity index (χ1v) is 8.22. The van der Waals surface area contributed by atoms with Gasteiger partial charge in [0.15, 0.2) is 6.61 Å². The third kappa shape index (κ3) is 4.83. The van der Waals surface area contributed by atoms with Gasteiger partial charge in [0.2, 0.25) is 0 Å². The van der Waals surface area contributed by atoms with Crippen LogP contribution in [0.25, 0.3) is 0 Å². The number of ether oxygens (including phenoxy) is 2. The van der Waals surface area contributed by atoms with Crippen molar-refractivity contribution in [2.75, 3.05) is 19.0 Å². The number of carbonyl (C=O) groups excluding carboxylic acids is 2. The molecule has 5 nitrogen and oxygen atoms in total. The van der Waals surface area contributed by atoms with Crippen molar-refractivity contribution in [2.24, 2.45) is 0 Å². The van der Waals surface area contributed by atoms with Crippen molar-refractivity contribution in [3.05, 3.63) is 58.1 Å². The van der Waals surface area contributed by atoms with E-state index in [0.717, 1.165) is 6.42 Å². The minimum absolute atomic E-state index is 0.151. The summed E-state index contributed by atoms with van der Waals surface area (Å²) in [7, 11) is 1.29. The summed E-state index contributed by atoms with van der Waals surface area (Å²) in [5, 5.41) is 2.66. The van der Waals surface area contributed by atoms with Gasteiger partial charge in [0, 0.05) is 4.47 Å². The Labute approximate surface area is 149 Å². The van der Waals surface area contributed by atoms with Crippen LogP contribution in [0.15, 0.2) is 46.9 Å². The van der Waals surface area contributed by atoms with E-state index in [9.17, 15) is 9.59 Å². The van der Waals surface area contributed by atoms with Crippen LogP contribution in [0.3, 0.4) is 0 Å². The van der Waals surface area contributed by atoms with Gasteiger partial charge in [-0.2, -0.15) is 0 Å². The van der Waals surface area contributed by atoms with Gasteiger partial charge in [-0.15, -0.1) is 0 Å². The number of methoxy groups -OCH3 is 1. The van der Waals surface area contributed by atoms with Crippen molar-refractivity contribution >= 4 is 33.5 Å². The summed E-state index contributed by atoms with van der Waals surface area (Å²) in [6, 6.07) is 12.5. The van der Waals surface area contributed by atoms with E-state index in [4.69, 9.17) is 9.47 Å². The predicted molar refractivity (Wildman–Crippen MR) is 95.4 cm³/mol. The Kier molecular flexibility index (Phi) is 6.37. The number of nitrogens with one attached hydrogen (secondary N) is 1. The number of amides is 1. The summed E-state index contributed by atoms with van der Waals surface area (Å²) >= 11 is 3.29.